The van der Waals surface area contributed by atoms with E-state index in [4.69, 9.17) is 16.3 Å². The van der Waals surface area contributed by atoms with Gasteiger partial charge in [0, 0.05) is 29.7 Å². The molecule has 1 amide bonds. The molecule has 16 heteroatoms. The normalized spacial score (nSPS) is 13.9. The van der Waals surface area contributed by atoms with Gasteiger partial charge in [0.05, 0.1) is 7.11 Å². The van der Waals surface area contributed by atoms with Gasteiger partial charge < -0.3 is 20.3 Å². The van der Waals surface area contributed by atoms with Crippen LogP contribution in [0.4, 0.5) is 27.6 Å². The third-order valence-corrected chi connectivity index (χ3v) is 11.0. The van der Waals surface area contributed by atoms with E-state index in [0.717, 1.165) is 42.2 Å². The molecule has 1 fully saturated rings. The van der Waals surface area contributed by atoms with Crippen molar-refractivity contribution in [3.05, 3.63) is 117 Å². The van der Waals surface area contributed by atoms with Gasteiger partial charge in [0.2, 0.25) is 21.7 Å². The van der Waals surface area contributed by atoms with Gasteiger partial charge in [-0.2, -0.15) is 4.31 Å². The topological polar surface area (TPSA) is 133 Å². The number of nitrogens with one attached hydrogen (secondary N) is 1. The second-order valence-corrected chi connectivity index (χ2v) is 15.9. The molecular formula is C37H34ClF5N2O7S. The lowest BCUT2D eigenvalue weighted by Crippen LogP contribution is -2.48. The van der Waals surface area contributed by atoms with Crippen molar-refractivity contribution >= 4 is 39.2 Å². The molecule has 0 aliphatic heterocycles. The molecule has 3 N–H and O–H groups in total. The van der Waals surface area contributed by atoms with Crippen molar-refractivity contribution in [1.29, 1.82) is 0 Å². The van der Waals surface area contributed by atoms with Crippen molar-refractivity contribution in [2.45, 2.75) is 68.8 Å². The number of carboxylic acid groups (broad SMARTS) is 1. The van der Waals surface area contributed by atoms with Crippen molar-refractivity contribution in [1.82, 2.24) is 4.31 Å². The van der Waals surface area contributed by atoms with E-state index < -0.39 is 91.6 Å². The molecular weight excluding hydrogens is 747 g/mol. The number of aromatic hydroxyl groups is 1. The summed E-state index contributed by atoms with van der Waals surface area (Å²) in [5, 5.41) is 22.3. The predicted octanol–water partition coefficient (Wildman–Crippen LogP) is 8.06. The standard InChI is InChI=1S/C37H34ClF5N2O7S/c1-37(2,3)21-13-20(33(52-4)25(15-21)19-7-8-19)14-26(35(47)44-23-11-12-24(36(48)49)27(46)16-23)45(17-18-5-9-22(38)10-6-18)53(50,51)34-31(42)29(40)28(39)30(41)32(34)43/h5-6,9-13,15-16,19,26,46H,7-8,14,17H2,1-4H3,(H,44,47)(H,48,49). The number of methoxy groups -OCH3 is 1. The van der Waals surface area contributed by atoms with Crippen LogP contribution in [0.2, 0.25) is 5.02 Å². The lowest BCUT2D eigenvalue weighted by molar-refractivity contribution is -0.119. The number of hydrogen-bond donors (Lipinski definition) is 3. The number of halogens is 6. The number of carbonyl (C=O) groups excluding carboxylic acids is 1. The maximum absolute atomic E-state index is 15.3. The average molecular weight is 781 g/mol. The largest absolute Gasteiger partial charge is 0.507 e. The first kappa shape index (κ1) is 39.5. The highest BCUT2D eigenvalue weighted by atomic mass is 35.5. The maximum atomic E-state index is 15.3. The Morgan fingerprint density at radius 2 is 1.53 bits per heavy atom. The fourth-order valence-electron chi connectivity index (χ4n) is 5.85. The molecule has 53 heavy (non-hydrogen) atoms. The Bertz CT molecular complexity index is 2180. The monoisotopic (exact) mass is 780 g/mol. The molecule has 0 aromatic heterocycles. The fraction of sp³-hybridized carbons (Fsp3) is 0.297. The van der Waals surface area contributed by atoms with Gasteiger partial charge in [0.25, 0.3) is 0 Å². The number of benzene rings is 4. The third-order valence-electron chi connectivity index (χ3n) is 8.83. The SMILES string of the molecule is COc1c(CC(C(=O)Nc2ccc(C(=O)O)c(O)c2)N(Cc2ccc(Cl)cc2)S(=O)(=O)c2c(F)c(F)c(F)c(F)c2F)cc(C(C)(C)C)cc1C1CC1. The summed E-state index contributed by atoms with van der Waals surface area (Å²) in [6.45, 7) is 4.94. The molecule has 0 bridgehead atoms. The summed E-state index contributed by atoms with van der Waals surface area (Å²) in [5.41, 5.74) is 0.740. The molecule has 282 valence electrons. The Labute approximate surface area is 307 Å². The van der Waals surface area contributed by atoms with Crippen LogP contribution in [0.1, 0.15) is 72.1 Å². The quantitative estimate of drug-likeness (QED) is 0.0753. The van der Waals surface area contributed by atoms with Crippen LogP contribution in [0, 0.1) is 29.1 Å². The van der Waals surface area contributed by atoms with Crippen LogP contribution in [0.3, 0.4) is 0 Å². The maximum Gasteiger partial charge on any atom is 0.339 e. The number of sulfonamides is 1. The van der Waals surface area contributed by atoms with Crippen LogP contribution >= 0.6 is 11.6 Å². The second kappa shape index (κ2) is 15.0. The number of hydrogen-bond acceptors (Lipinski definition) is 6. The van der Waals surface area contributed by atoms with Crippen LogP contribution in [-0.2, 0) is 33.2 Å². The van der Waals surface area contributed by atoms with Crippen LogP contribution in [0.25, 0.3) is 0 Å². The first-order chi connectivity index (χ1) is 24.8. The summed E-state index contributed by atoms with van der Waals surface area (Å²) in [6.07, 6.45) is 1.08. The molecule has 1 aliphatic rings. The number of aromatic carboxylic acids is 1. The van der Waals surface area contributed by atoms with E-state index in [1.165, 1.54) is 31.4 Å². The number of rotatable bonds is 12. The Hall–Kier alpha value is -4.73. The van der Waals surface area contributed by atoms with Gasteiger partial charge in [-0.1, -0.05) is 56.6 Å². The molecule has 1 aliphatic carbocycles. The summed E-state index contributed by atoms with van der Waals surface area (Å²) in [7, 11) is -4.44. The van der Waals surface area contributed by atoms with E-state index in [2.05, 4.69) is 5.32 Å². The highest BCUT2D eigenvalue weighted by Gasteiger charge is 2.43. The molecule has 1 unspecified atom stereocenters. The molecule has 5 rings (SSSR count). The van der Waals surface area contributed by atoms with E-state index in [1.807, 2.05) is 26.8 Å². The Kier molecular flexibility index (Phi) is 11.1. The fourth-order valence-corrected chi connectivity index (χ4v) is 7.67. The van der Waals surface area contributed by atoms with Crippen LogP contribution < -0.4 is 10.1 Å². The van der Waals surface area contributed by atoms with Gasteiger partial charge in [-0.05, 0) is 70.7 Å². The number of phenols is 1. The summed E-state index contributed by atoms with van der Waals surface area (Å²) in [4.78, 5) is 23.7. The highest BCUT2D eigenvalue weighted by Crippen LogP contribution is 2.47. The zero-order chi connectivity index (χ0) is 39.2. The van der Waals surface area contributed by atoms with E-state index >= 15 is 8.78 Å². The Balaban J connectivity index is 1.77. The zero-order valence-electron chi connectivity index (χ0n) is 28.7. The van der Waals surface area contributed by atoms with Gasteiger partial charge in [0.1, 0.15) is 23.1 Å². The first-order valence-electron chi connectivity index (χ1n) is 16.1. The van der Waals surface area contributed by atoms with Crippen molar-refractivity contribution in [2.24, 2.45) is 0 Å². The molecule has 9 nitrogen and oxygen atoms in total. The van der Waals surface area contributed by atoms with E-state index in [9.17, 15) is 41.4 Å². The summed E-state index contributed by atoms with van der Waals surface area (Å²) in [6, 6.07) is 9.97. The van der Waals surface area contributed by atoms with Crippen LogP contribution in [0.5, 0.6) is 11.5 Å². The van der Waals surface area contributed by atoms with Gasteiger partial charge in [-0.15, -0.1) is 0 Å². The van der Waals surface area contributed by atoms with Crippen molar-refractivity contribution < 1.29 is 54.9 Å². The molecule has 0 saturated heterocycles. The average Bonchev–Trinajstić information content (AvgIpc) is 3.93. The number of carbonyl (C=O) groups is 2. The molecule has 4 aromatic carbocycles. The smallest absolute Gasteiger partial charge is 0.339 e. The van der Waals surface area contributed by atoms with Gasteiger partial charge >= 0.3 is 5.97 Å². The van der Waals surface area contributed by atoms with Gasteiger partial charge in [-0.25, -0.2) is 35.2 Å². The first-order valence-corrected chi connectivity index (χ1v) is 17.9. The second-order valence-electron chi connectivity index (χ2n) is 13.6. The molecule has 0 heterocycles. The number of amides is 1. The van der Waals surface area contributed by atoms with Crippen molar-refractivity contribution in [3.63, 3.8) is 0 Å². The van der Waals surface area contributed by atoms with Crippen molar-refractivity contribution in [3.8, 4) is 11.5 Å². The minimum atomic E-state index is -5.81. The van der Waals surface area contributed by atoms with Crippen LogP contribution in [0.15, 0.2) is 59.5 Å². The lowest BCUT2D eigenvalue weighted by Gasteiger charge is -2.32. The Morgan fingerprint density at radius 3 is 2.04 bits per heavy atom. The third kappa shape index (κ3) is 8.11. The molecule has 0 radical (unpaired) electrons. The highest BCUT2D eigenvalue weighted by molar-refractivity contribution is 7.89. The number of anilines is 1. The zero-order valence-corrected chi connectivity index (χ0v) is 30.3. The number of nitrogens with zero attached hydrogens (tertiary/aromatic N) is 1. The predicted molar refractivity (Wildman–Crippen MR) is 185 cm³/mol. The molecule has 1 atom stereocenters. The number of ether oxygens (including phenoxy) is 1. The van der Waals surface area contributed by atoms with Gasteiger partial charge in [0.15, 0.2) is 28.2 Å². The summed E-state index contributed by atoms with van der Waals surface area (Å²) < 4.78 is 109. The molecule has 4 aromatic rings. The van der Waals surface area contributed by atoms with E-state index in [0.29, 0.717) is 15.6 Å². The van der Waals surface area contributed by atoms with Gasteiger partial charge in [-0.3, -0.25) is 4.79 Å². The minimum absolute atomic E-state index is 0.0799. The van der Waals surface area contributed by atoms with Crippen molar-refractivity contribution in [2.75, 3.05) is 12.4 Å². The Morgan fingerprint density at radius 1 is 0.943 bits per heavy atom. The van der Waals surface area contributed by atoms with E-state index in [1.54, 1.807) is 6.07 Å². The lowest BCUT2D eigenvalue weighted by atomic mass is 9.83. The molecule has 1 saturated carbocycles. The molecule has 0 spiro atoms. The minimum Gasteiger partial charge on any atom is -0.507 e. The van der Waals surface area contributed by atoms with E-state index in [-0.39, 0.29) is 22.2 Å². The number of carboxylic acids is 1. The van der Waals surface area contributed by atoms with Crippen LogP contribution in [-0.4, -0.2) is 48.0 Å². The summed E-state index contributed by atoms with van der Waals surface area (Å²) in [5.74, 6) is -15.9. The summed E-state index contributed by atoms with van der Waals surface area (Å²) >= 11 is 6.02.